The number of halogens is 1. The van der Waals surface area contributed by atoms with E-state index in [1.807, 2.05) is 0 Å². The molecule has 0 heterocycles. The summed E-state index contributed by atoms with van der Waals surface area (Å²) in [4.78, 5) is 0. The summed E-state index contributed by atoms with van der Waals surface area (Å²) >= 11 is 0. The second kappa shape index (κ2) is 3.97. The van der Waals surface area contributed by atoms with Gasteiger partial charge in [-0.3, -0.25) is 0 Å². The van der Waals surface area contributed by atoms with Crippen LogP contribution in [-0.4, -0.2) is 6.54 Å². The van der Waals surface area contributed by atoms with Crippen molar-refractivity contribution in [3.8, 4) is 0 Å². The van der Waals surface area contributed by atoms with Gasteiger partial charge in [-0.2, -0.15) is 0 Å². The number of hydrogen-bond acceptors (Lipinski definition) is 1. The molecule has 2 aliphatic carbocycles. The average molecular weight is 190 g/mol. The predicted octanol–water partition coefficient (Wildman–Crippen LogP) is 2.73. The van der Waals surface area contributed by atoms with Crippen molar-refractivity contribution in [2.24, 2.45) is 17.1 Å². The first-order valence-electron chi connectivity index (χ1n) is 5.05. The zero-order valence-electron chi connectivity index (χ0n) is 7.72. The molecule has 72 valence electrons. The summed E-state index contributed by atoms with van der Waals surface area (Å²) in [6.45, 7) is 0.900. The fourth-order valence-electron chi connectivity index (χ4n) is 2.49. The van der Waals surface area contributed by atoms with E-state index in [0.29, 0.717) is 0 Å². The molecular formula is C10H20ClN. The Balaban J connectivity index is 0.000000720. The normalized spacial score (nSPS) is 26.8. The van der Waals surface area contributed by atoms with Gasteiger partial charge in [0, 0.05) is 0 Å². The van der Waals surface area contributed by atoms with Crippen LogP contribution in [0.5, 0.6) is 0 Å². The van der Waals surface area contributed by atoms with Crippen LogP contribution in [0.4, 0.5) is 0 Å². The van der Waals surface area contributed by atoms with Crippen molar-refractivity contribution >= 4 is 12.4 Å². The van der Waals surface area contributed by atoms with Crippen LogP contribution in [0.25, 0.3) is 0 Å². The van der Waals surface area contributed by atoms with E-state index in [0.717, 1.165) is 17.9 Å². The maximum atomic E-state index is 5.54. The van der Waals surface area contributed by atoms with Crippen LogP contribution in [0, 0.1) is 11.3 Å². The van der Waals surface area contributed by atoms with Crippen LogP contribution in [-0.2, 0) is 0 Å². The Morgan fingerprint density at radius 2 is 1.67 bits per heavy atom. The average Bonchev–Trinajstić information content (AvgIpc) is 2.76. The topological polar surface area (TPSA) is 26.0 Å². The van der Waals surface area contributed by atoms with Gasteiger partial charge in [-0.05, 0) is 62.8 Å². The zero-order chi connectivity index (χ0) is 7.73. The van der Waals surface area contributed by atoms with E-state index < -0.39 is 0 Å². The van der Waals surface area contributed by atoms with Crippen molar-refractivity contribution in [2.75, 3.05) is 6.54 Å². The van der Waals surface area contributed by atoms with E-state index in [1.54, 1.807) is 0 Å². The molecule has 2 saturated carbocycles. The molecule has 0 radical (unpaired) electrons. The minimum absolute atomic E-state index is 0. The highest BCUT2D eigenvalue weighted by Gasteiger charge is 2.44. The third kappa shape index (κ3) is 2.14. The van der Waals surface area contributed by atoms with E-state index in [-0.39, 0.29) is 12.4 Å². The highest BCUT2D eigenvalue weighted by molar-refractivity contribution is 5.85. The Bertz CT molecular complexity index is 133. The first-order valence-corrected chi connectivity index (χ1v) is 5.05. The van der Waals surface area contributed by atoms with Gasteiger partial charge in [0.2, 0.25) is 0 Å². The van der Waals surface area contributed by atoms with Gasteiger partial charge in [0.1, 0.15) is 0 Å². The lowest BCUT2D eigenvalue weighted by atomic mass is 9.78. The molecule has 2 N–H and O–H groups in total. The van der Waals surface area contributed by atoms with Gasteiger partial charge in [0.25, 0.3) is 0 Å². The van der Waals surface area contributed by atoms with Gasteiger partial charge in [-0.1, -0.05) is 0 Å². The van der Waals surface area contributed by atoms with Crippen LogP contribution in [0.3, 0.4) is 0 Å². The maximum absolute atomic E-state index is 5.54. The maximum Gasteiger partial charge on any atom is -0.00746 e. The fraction of sp³-hybridized carbons (Fsp3) is 1.00. The number of nitrogens with two attached hydrogens (primary N) is 1. The Morgan fingerprint density at radius 3 is 2.08 bits per heavy atom. The third-order valence-electron chi connectivity index (χ3n) is 3.70. The van der Waals surface area contributed by atoms with Gasteiger partial charge in [0.05, 0.1) is 0 Å². The molecule has 0 aromatic rings. The first-order chi connectivity index (χ1) is 5.35. The van der Waals surface area contributed by atoms with Gasteiger partial charge in [0.15, 0.2) is 0 Å². The highest BCUT2D eigenvalue weighted by Crippen LogP contribution is 2.57. The van der Waals surface area contributed by atoms with Gasteiger partial charge in [-0.15, -0.1) is 12.4 Å². The Morgan fingerprint density at radius 1 is 1.08 bits per heavy atom. The molecule has 0 atom stereocenters. The lowest BCUT2D eigenvalue weighted by Gasteiger charge is -2.27. The molecule has 0 amide bonds. The van der Waals surface area contributed by atoms with E-state index >= 15 is 0 Å². The van der Waals surface area contributed by atoms with E-state index in [4.69, 9.17) is 5.73 Å². The molecule has 1 spiro atoms. The van der Waals surface area contributed by atoms with Crippen molar-refractivity contribution in [3.05, 3.63) is 0 Å². The van der Waals surface area contributed by atoms with Crippen molar-refractivity contribution in [3.63, 3.8) is 0 Å². The summed E-state index contributed by atoms with van der Waals surface area (Å²) in [5, 5.41) is 0. The minimum atomic E-state index is 0. The molecular weight excluding hydrogens is 170 g/mol. The predicted molar refractivity (Wildman–Crippen MR) is 54.5 cm³/mol. The molecule has 12 heavy (non-hydrogen) atoms. The van der Waals surface area contributed by atoms with Crippen molar-refractivity contribution in [2.45, 2.75) is 44.9 Å². The smallest absolute Gasteiger partial charge is 0.00746 e. The van der Waals surface area contributed by atoms with E-state index in [1.165, 1.54) is 44.9 Å². The molecule has 2 fully saturated rings. The SMILES string of the molecule is Cl.NCCC1CCC2(CC1)CC2. The molecule has 0 aromatic heterocycles. The van der Waals surface area contributed by atoms with E-state index in [2.05, 4.69) is 0 Å². The molecule has 1 nitrogen and oxygen atoms in total. The summed E-state index contributed by atoms with van der Waals surface area (Å²) in [7, 11) is 0. The van der Waals surface area contributed by atoms with Crippen LogP contribution in [0.2, 0.25) is 0 Å². The number of hydrogen-bond donors (Lipinski definition) is 1. The molecule has 2 aliphatic rings. The van der Waals surface area contributed by atoms with Crippen LogP contribution in [0.15, 0.2) is 0 Å². The summed E-state index contributed by atoms with van der Waals surface area (Å²) < 4.78 is 0. The Labute approximate surface area is 81.5 Å². The third-order valence-corrected chi connectivity index (χ3v) is 3.70. The molecule has 2 rings (SSSR count). The highest BCUT2D eigenvalue weighted by atomic mass is 35.5. The fourth-order valence-corrected chi connectivity index (χ4v) is 2.49. The number of rotatable bonds is 2. The van der Waals surface area contributed by atoms with Gasteiger partial charge >= 0.3 is 0 Å². The van der Waals surface area contributed by atoms with E-state index in [9.17, 15) is 0 Å². The molecule has 2 heteroatoms. The second-order valence-electron chi connectivity index (χ2n) is 4.52. The molecule has 0 aromatic carbocycles. The minimum Gasteiger partial charge on any atom is -0.330 e. The summed E-state index contributed by atoms with van der Waals surface area (Å²) in [5.41, 5.74) is 6.41. The second-order valence-corrected chi connectivity index (χ2v) is 4.52. The molecule has 0 aliphatic heterocycles. The van der Waals surface area contributed by atoms with Crippen LogP contribution in [0.1, 0.15) is 44.9 Å². The largest absolute Gasteiger partial charge is 0.330 e. The van der Waals surface area contributed by atoms with Crippen molar-refractivity contribution in [1.29, 1.82) is 0 Å². The summed E-state index contributed by atoms with van der Waals surface area (Å²) in [6.07, 6.45) is 10.3. The summed E-state index contributed by atoms with van der Waals surface area (Å²) in [6, 6.07) is 0. The lowest BCUT2D eigenvalue weighted by Crippen LogP contribution is -2.17. The summed E-state index contributed by atoms with van der Waals surface area (Å²) in [5.74, 6) is 0.978. The Hall–Kier alpha value is 0.250. The quantitative estimate of drug-likeness (QED) is 0.711. The van der Waals surface area contributed by atoms with Gasteiger partial charge < -0.3 is 5.73 Å². The monoisotopic (exact) mass is 189 g/mol. The van der Waals surface area contributed by atoms with Crippen LogP contribution >= 0.6 is 12.4 Å². The Kier molecular flexibility index (Phi) is 3.42. The lowest BCUT2D eigenvalue weighted by molar-refractivity contribution is 0.249. The molecule has 0 unspecified atom stereocenters. The standard InChI is InChI=1S/C10H19N.ClH/c11-8-3-9-1-4-10(5-2-9)6-7-10;/h9H,1-8,11H2;1H. The van der Waals surface area contributed by atoms with Gasteiger partial charge in [-0.25, -0.2) is 0 Å². The molecule has 0 saturated heterocycles. The zero-order valence-corrected chi connectivity index (χ0v) is 8.54. The molecule has 0 bridgehead atoms. The van der Waals surface area contributed by atoms with Crippen molar-refractivity contribution < 1.29 is 0 Å². The van der Waals surface area contributed by atoms with Crippen LogP contribution < -0.4 is 5.73 Å². The first kappa shape index (κ1) is 10.3. The van der Waals surface area contributed by atoms with Crippen molar-refractivity contribution in [1.82, 2.24) is 0 Å².